The van der Waals surface area contributed by atoms with E-state index in [1.54, 1.807) is 21.9 Å². The highest BCUT2D eigenvalue weighted by Gasteiger charge is 2.30. The summed E-state index contributed by atoms with van der Waals surface area (Å²) in [4.78, 5) is 28.5. The molecule has 126 valence electrons. The molecule has 2 aliphatic rings. The van der Waals surface area contributed by atoms with Gasteiger partial charge in [-0.3, -0.25) is 14.7 Å². The number of nitrogens with one attached hydrogen (secondary N) is 2. The fraction of sp³-hybridized carbons (Fsp3) is 0.438. The van der Waals surface area contributed by atoms with E-state index in [2.05, 4.69) is 15.5 Å². The number of carbonyl (C=O) groups is 2. The van der Waals surface area contributed by atoms with Crippen LogP contribution in [0.3, 0.4) is 0 Å². The summed E-state index contributed by atoms with van der Waals surface area (Å²) in [5.74, 6) is 0.136. The van der Waals surface area contributed by atoms with Crippen molar-refractivity contribution in [3.05, 3.63) is 41.1 Å². The zero-order valence-electron chi connectivity index (χ0n) is 13.2. The molecule has 0 atom stereocenters. The molecular formula is C16H19N5O3. The molecule has 4 rings (SSSR count). The molecule has 2 amide bonds. The van der Waals surface area contributed by atoms with Crippen LogP contribution in [0.25, 0.3) is 0 Å². The molecule has 0 aromatic carbocycles. The summed E-state index contributed by atoms with van der Waals surface area (Å²) in [6.45, 7) is 3.56. The van der Waals surface area contributed by atoms with Crippen LogP contribution in [0, 0.1) is 0 Å². The predicted molar refractivity (Wildman–Crippen MR) is 84.5 cm³/mol. The number of hydrogen-bond acceptors (Lipinski definition) is 5. The molecule has 8 heteroatoms. The van der Waals surface area contributed by atoms with Crippen molar-refractivity contribution in [2.24, 2.45) is 0 Å². The minimum absolute atomic E-state index is 0.0682. The van der Waals surface area contributed by atoms with Gasteiger partial charge in [0, 0.05) is 56.9 Å². The van der Waals surface area contributed by atoms with Gasteiger partial charge in [0.25, 0.3) is 11.8 Å². The van der Waals surface area contributed by atoms with Crippen LogP contribution < -0.4 is 5.32 Å². The molecule has 1 fully saturated rings. The van der Waals surface area contributed by atoms with Crippen LogP contribution >= 0.6 is 0 Å². The van der Waals surface area contributed by atoms with Crippen LogP contribution in [0.5, 0.6) is 0 Å². The second-order valence-electron chi connectivity index (χ2n) is 6.02. The van der Waals surface area contributed by atoms with Gasteiger partial charge in [-0.15, -0.1) is 0 Å². The van der Waals surface area contributed by atoms with Gasteiger partial charge in [-0.1, -0.05) is 0 Å². The predicted octanol–water partition coefficient (Wildman–Crippen LogP) is 0.247. The Bertz CT molecular complexity index is 744. The summed E-state index contributed by atoms with van der Waals surface area (Å²) in [5.41, 5.74) is 2.52. The molecule has 2 aromatic heterocycles. The zero-order valence-corrected chi connectivity index (χ0v) is 13.2. The molecule has 2 aliphatic heterocycles. The molecule has 0 saturated carbocycles. The van der Waals surface area contributed by atoms with Crippen LogP contribution in [0.4, 0.5) is 0 Å². The first kappa shape index (κ1) is 14.9. The zero-order chi connectivity index (χ0) is 16.5. The highest BCUT2D eigenvalue weighted by Crippen LogP contribution is 2.18. The van der Waals surface area contributed by atoms with Crippen LogP contribution in [0.2, 0.25) is 0 Å². The second kappa shape index (κ2) is 6.12. The van der Waals surface area contributed by atoms with Gasteiger partial charge < -0.3 is 19.5 Å². The van der Waals surface area contributed by atoms with Crippen molar-refractivity contribution in [1.82, 2.24) is 25.3 Å². The minimum Gasteiger partial charge on any atom is -0.459 e. The summed E-state index contributed by atoms with van der Waals surface area (Å²) in [5, 5.41) is 10.5. The van der Waals surface area contributed by atoms with Gasteiger partial charge in [0.05, 0.1) is 6.26 Å². The smallest absolute Gasteiger partial charge is 0.289 e. The van der Waals surface area contributed by atoms with E-state index in [1.165, 1.54) is 6.26 Å². The number of hydrogen-bond donors (Lipinski definition) is 2. The lowest BCUT2D eigenvalue weighted by Crippen LogP contribution is -2.50. The standard InChI is InChI=1S/C16H19N5O3/c22-15(13-2-1-9-24-13)20-5-7-21(8-6-20)16(23)14-11-10-17-4-3-12(11)18-19-14/h1-2,9,17H,3-8,10H2,(H,18,19). The van der Waals surface area contributed by atoms with E-state index < -0.39 is 0 Å². The third kappa shape index (κ3) is 2.58. The van der Waals surface area contributed by atoms with E-state index in [-0.39, 0.29) is 11.8 Å². The van der Waals surface area contributed by atoms with E-state index in [0.717, 1.165) is 24.2 Å². The lowest BCUT2D eigenvalue weighted by Gasteiger charge is -2.34. The van der Waals surface area contributed by atoms with Crippen molar-refractivity contribution in [3.8, 4) is 0 Å². The molecule has 2 aromatic rings. The Hall–Kier alpha value is -2.61. The van der Waals surface area contributed by atoms with Crippen molar-refractivity contribution < 1.29 is 14.0 Å². The Morgan fingerprint density at radius 1 is 1.12 bits per heavy atom. The topological polar surface area (TPSA) is 94.5 Å². The molecule has 4 heterocycles. The number of carbonyl (C=O) groups excluding carboxylic acids is 2. The van der Waals surface area contributed by atoms with E-state index in [0.29, 0.717) is 44.2 Å². The monoisotopic (exact) mass is 329 g/mol. The number of rotatable bonds is 2. The van der Waals surface area contributed by atoms with E-state index in [9.17, 15) is 9.59 Å². The minimum atomic E-state index is -0.131. The van der Waals surface area contributed by atoms with E-state index in [4.69, 9.17) is 4.42 Å². The lowest BCUT2D eigenvalue weighted by atomic mass is 10.1. The summed E-state index contributed by atoms with van der Waals surface area (Å²) < 4.78 is 5.15. The summed E-state index contributed by atoms with van der Waals surface area (Å²) in [6, 6.07) is 3.35. The SMILES string of the molecule is O=C(c1ccco1)N1CCN(C(=O)c2n[nH]c3c2CNCC3)CC1. The molecule has 24 heavy (non-hydrogen) atoms. The Labute approximate surface area is 138 Å². The number of aromatic nitrogens is 2. The Morgan fingerprint density at radius 3 is 2.58 bits per heavy atom. The second-order valence-corrected chi connectivity index (χ2v) is 6.02. The first-order valence-corrected chi connectivity index (χ1v) is 8.13. The van der Waals surface area contributed by atoms with E-state index in [1.807, 2.05) is 0 Å². The van der Waals surface area contributed by atoms with Gasteiger partial charge in [-0.05, 0) is 12.1 Å². The third-order valence-electron chi connectivity index (χ3n) is 4.59. The maximum Gasteiger partial charge on any atom is 0.289 e. The maximum absolute atomic E-state index is 12.7. The maximum atomic E-state index is 12.7. The number of H-pyrrole nitrogens is 1. The lowest BCUT2D eigenvalue weighted by molar-refractivity contribution is 0.0514. The molecule has 0 aliphatic carbocycles. The summed E-state index contributed by atoms with van der Waals surface area (Å²) in [7, 11) is 0. The average Bonchev–Trinajstić information content (AvgIpc) is 3.30. The third-order valence-corrected chi connectivity index (χ3v) is 4.59. The molecule has 8 nitrogen and oxygen atoms in total. The fourth-order valence-electron chi connectivity index (χ4n) is 3.22. The van der Waals surface area contributed by atoms with Crippen molar-refractivity contribution in [1.29, 1.82) is 0 Å². The van der Waals surface area contributed by atoms with Crippen LogP contribution in [-0.4, -0.2) is 64.5 Å². The molecule has 2 N–H and O–H groups in total. The molecule has 0 radical (unpaired) electrons. The highest BCUT2D eigenvalue weighted by molar-refractivity contribution is 5.95. The van der Waals surface area contributed by atoms with Gasteiger partial charge in [0.1, 0.15) is 0 Å². The summed E-state index contributed by atoms with van der Waals surface area (Å²) in [6.07, 6.45) is 2.35. The normalized spacial score (nSPS) is 17.7. The number of nitrogens with zero attached hydrogens (tertiary/aromatic N) is 3. The van der Waals surface area contributed by atoms with Gasteiger partial charge in [-0.25, -0.2) is 0 Å². The number of furan rings is 1. The van der Waals surface area contributed by atoms with Crippen LogP contribution in [0.1, 0.15) is 32.3 Å². The highest BCUT2D eigenvalue weighted by atomic mass is 16.3. The van der Waals surface area contributed by atoms with Gasteiger partial charge >= 0.3 is 0 Å². The van der Waals surface area contributed by atoms with Crippen molar-refractivity contribution in [2.75, 3.05) is 32.7 Å². The van der Waals surface area contributed by atoms with Crippen molar-refractivity contribution in [3.63, 3.8) is 0 Å². The number of aromatic amines is 1. The van der Waals surface area contributed by atoms with Crippen LogP contribution in [-0.2, 0) is 13.0 Å². The molecule has 1 saturated heterocycles. The van der Waals surface area contributed by atoms with Crippen molar-refractivity contribution >= 4 is 11.8 Å². The van der Waals surface area contributed by atoms with Gasteiger partial charge in [-0.2, -0.15) is 5.10 Å². The number of piperazine rings is 1. The Kier molecular flexibility index (Phi) is 3.81. The fourth-order valence-corrected chi connectivity index (χ4v) is 3.22. The molecule has 0 bridgehead atoms. The Morgan fingerprint density at radius 2 is 1.88 bits per heavy atom. The van der Waals surface area contributed by atoms with Crippen LogP contribution in [0.15, 0.2) is 22.8 Å². The molecule has 0 unspecified atom stereocenters. The first-order chi connectivity index (χ1) is 11.7. The van der Waals surface area contributed by atoms with Gasteiger partial charge in [0.2, 0.25) is 0 Å². The summed E-state index contributed by atoms with van der Waals surface area (Å²) >= 11 is 0. The molecular weight excluding hydrogens is 310 g/mol. The first-order valence-electron chi connectivity index (χ1n) is 8.13. The Balaban J connectivity index is 1.41. The van der Waals surface area contributed by atoms with Crippen molar-refractivity contribution in [2.45, 2.75) is 13.0 Å². The van der Waals surface area contributed by atoms with E-state index >= 15 is 0 Å². The molecule has 0 spiro atoms. The number of fused-ring (bicyclic) bond motifs is 1. The quantitative estimate of drug-likeness (QED) is 0.823. The number of amides is 2. The van der Waals surface area contributed by atoms with Gasteiger partial charge in [0.15, 0.2) is 11.5 Å². The largest absolute Gasteiger partial charge is 0.459 e. The average molecular weight is 329 g/mol.